The normalized spacial score (nSPS) is 21.3. The number of nitrogens with one attached hydrogen (secondary N) is 1. The topological polar surface area (TPSA) is 116 Å². The fourth-order valence-electron chi connectivity index (χ4n) is 7.16. The minimum Gasteiger partial charge on any atom is -0.494 e. The van der Waals surface area contributed by atoms with Crippen molar-refractivity contribution in [2.75, 3.05) is 19.0 Å². The number of likely N-dealkylation sites (tertiary alicyclic amines) is 1. The molecule has 0 radical (unpaired) electrons. The summed E-state index contributed by atoms with van der Waals surface area (Å²) in [5, 5.41) is 4.49. The number of anilines is 2. The lowest BCUT2D eigenvalue weighted by Gasteiger charge is -2.27. The Morgan fingerprint density at radius 3 is 2.67 bits per heavy atom. The van der Waals surface area contributed by atoms with Crippen molar-refractivity contribution in [1.29, 1.82) is 0 Å². The van der Waals surface area contributed by atoms with Crippen LogP contribution in [-0.4, -0.2) is 60.6 Å². The van der Waals surface area contributed by atoms with Crippen LogP contribution in [0.2, 0.25) is 0 Å². The molecule has 10 nitrogen and oxygen atoms in total. The second kappa shape index (κ2) is 9.80. The van der Waals surface area contributed by atoms with Gasteiger partial charge >= 0.3 is 0 Å². The Balaban J connectivity index is 1.21. The van der Waals surface area contributed by atoms with Crippen molar-refractivity contribution >= 4 is 39.5 Å². The van der Waals surface area contributed by atoms with Crippen LogP contribution in [0.5, 0.6) is 5.75 Å². The fraction of sp³-hybridized carbons (Fsp3) is 0.394. The summed E-state index contributed by atoms with van der Waals surface area (Å²) in [6, 6.07) is 14.2. The van der Waals surface area contributed by atoms with Crippen LogP contribution >= 0.6 is 0 Å². The zero-order valence-corrected chi connectivity index (χ0v) is 24.7. The Morgan fingerprint density at radius 1 is 1.09 bits per heavy atom. The van der Waals surface area contributed by atoms with Gasteiger partial charge in [0.05, 0.1) is 18.3 Å². The zero-order chi connectivity index (χ0) is 29.4. The number of carbonyl (C=O) groups is 1. The zero-order valence-electron chi connectivity index (χ0n) is 24.7. The van der Waals surface area contributed by atoms with Gasteiger partial charge in [-0.2, -0.15) is 0 Å². The summed E-state index contributed by atoms with van der Waals surface area (Å²) in [5.74, 6) is 3.27. The number of benzene rings is 1. The van der Waals surface area contributed by atoms with Gasteiger partial charge in [-0.1, -0.05) is 0 Å². The van der Waals surface area contributed by atoms with Crippen LogP contribution in [0.15, 0.2) is 48.7 Å². The number of fused-ring (bicyclic) bond motifs is 4. The molecule has 4 aromatic heterocycles. The Labute approximate surface area is 249 Å². The smallest absolute Gasteiger partial charge is 0.254 e. The van der Waals surface area contributed by atoms with Crippen molar-refractivity contribution in [2.45, 2.75) is 51.2 Å². The number of amides is 1. The van der Waals surface area contributed by atoms with Crippen LogP contribution in [0.4, 0.5) is 11.5 Å². The number of methoxy groups -OCH3 is 1. The molecule has 2 aliphatic carbocycles. The number of aryl methyl sites for hydroxylation is 2. The third kappa shape index (κ3) is 4.34. The van der Waals surface area contributed by atoms with Crippen LogP contribution in [0.1, 0.15) is 41.7 Å². The number of piperidine rings is 1. The molecule has 2 bridgehead atoms. The fourth-order valence-corrected chi connectivity index (χ4v) is 7.16. The van der Waals surface area contributed by atoms with Gasteiger partial charge < -0.3 is 29.8 Å². The number of rotatable bonds is 7. The van der Waals surface area contributed by atoms with Crippen molar-refractivity contribution in [1.82, 2.24) is 29.0 Å². The van der Waals surface area contributed by atoms with E-state index in [0.29, 0.717) is 23.1 Å². The molecule has 3 aliphatic rings. The number of nitrogens with two attached hydrogens (primary N) is 1. The molecule has 1 amide bonds. The van der Waals surface area contributed by atoms with E-state index in [9.17, 15) is 4.79 Å². The summed E-state index contributed by atoms with van der Waals surface area (Å²) in [4.78, 5) is 30.1. The molecule has 8 rings (SSSR count). The molecule has 3 fully saturated rings. The minimum absolute atomic E-state index is 0.00604. The number of hydrogen-bond donors (Lipinski definition) is 2. The van der Waals surface area contributed by atoms with Gasteiger partial charge in [-0.05, 0) is 86.9 Å². The van der Waals surface area contributed by atoms with E-state index in [2.05, 4.69) is 31.6 Å². The molecule has 5 heterocycles. The van der Waals surface area contributed by atoms with Crippen LogP contribution in [-0.2, 0) is 13.6 Å². The van der Waals surface area contributed by atoms with E-state index in [0.717, 1.165) is 76.7 Å². The van der Waals surface area contributed by atoms with E-state index < -0.39 is 0 Å². The van der Waals surface area contributed by atoms with Gasteiger partial charge in [-0.25, -0.2) is 9.97 Å². The number of carbonyl (C=O) groups excluding carboxylic acids is 1. The average Bonchev–Trinajstić information content (AvgIpc) is 3.41. The van der Waals surface area contributed by atoms with Crippen LogP contribution in [0.25, 0.3) is 33.6 Å². The SMILES string of the molecule is COc1cc(C(=O)N2CC3CCC2C3N)cc2nc(-c3cc4ccc(Nc5ccnc(C)c5)nc4n3CC3CC3)n(C)c12. The summed E-state index contributed by atoms with van der Waals surface area (Å²) in [6.45, 7) is 3.58. The highest BCUT2D eigenvalue weighted by atomic mass is 16.5. The first kappa shape index (κ1) is 26.2. The summed E-state index contributed by atoms with van der Waals surface area (Å²) in [5.41, 5.74) is 12.4. The van der Waals surface area contributed by atoms with Crippen molar-refractivity contribution in [3.8, 4) is 17.3 Å². The van der Waals surface area contributed by atoms with E-state index in [4.69, 9.17) is 20.4 Å². The Hall–Kier alpha value is -4.44. The van der Waals surface area contributed by atoms with Gasteiger partial charge in [0.1, 0.15) is 22.7 Å². The first-order valence-electron chi connectivity index (χ1n) is 15.2. The van der Waals surface area contributed by atoms with E-state index in [-0.39, 0.29) is 18.0 Å². The number of pyridine rings is 2. The largest absolute Gasteiger partial charge is 0.494 e. The van der Waals surface area contributed by atoms with Crippen molar-refractivity contribution in [3.05, 3.63) is 59.9 Å². The maximum Gasteiger partial charge on any atom is 0.254 e. The minimum atomic E-state index is 0.00604. The van der Waals surface area contributed by atoms with Crippen LogP contribution in [0.3, 0.4) is 0 Å². The molecule has 3 unspecified atom stereocenters. The van der Waals surface area contributed by atoms with Crippen molar-refractivity contribution in [3.63, 3.8) is 0 Å². The van der Waals surface area contributed by atoms with Crippen LogP contribution < -0.4 is 15.8 Å². The lowest BCUT2D eigenvalue weighted by Crippen LogP contribution is -2.41. The Bertz CT molecular complexity index is 1900. The quantitative estimate of drug-likeness (QED) is 0.280. The van der Waals surface area contributed by atoms with Crippen LogP contribution in [0, 0.1) is 18.8 Å². The van der Waals surface area contributed by atoms with Gasteiger partial charge in [-0.3, -0.25) is 9.78 Å². The lowest BCUT2D eigenvalue weighted by atomic mass is 10.1. The number of imidazole rings is 1. The maximum absolute atomic E-state index is 13.7. The monoisotopic (exact) mass is 576 g/mol. The molecule has 10 heteroatoms. The lowest BCUT2D eigenvalue weighted by molar-refractivity contribution is 0.0700. The molecular formula is C33H36N8O2. The highest BCUT2D eigenvalue weighted by Gasteiger charge is 2.47. The van der Waals surface area contributed by atoms with Crippen molar-refractivity contribution < 1.29 is 9.53 Å². The summed E-state index contributed by atoms with van der Waals surface area (Å²) in [7, 11) is 3.66. The molecule has 220 valence electrons. The molecule has 1 saturated heterocycles. The van der Waals surface area contributed by atoms with Gasteiger partial charge in [0.25, 0.3) is 5.91 Å². The molecule has 2 saturated carbocycles. The van der Waals surface area contributed by atoms with E-state index in [1.807, 2.05) is 49.2 Å². The van der Waals surface area contributed by atoms with E-state index >= 15 is 0 Å². The average molecular weight is 577 g/mol. The Morgan fingerprint density at radius 2 is 1.95 bits per heavy atom. The molecule has 0 spiro atoms. The number of hydrogen-bond acceptors (Lipinski definition) is 7. The van der Waals surface area contributed by atoms with Gasteiger partial charge in [-0.15, -0.1) is 0 Å². The summed E-state index contributed by atoms with van der Waals surface area (Å²) in [6.07, 6.45) is 6.32. The summed E-state index contributed by atoms with van der Waals surface area (Å²) >= 11 is 0. The van der Waals surface area contributed by atoms with E-state index in [1.165, 1.54) is 12.8 Å². The third-order valence-corrected chi connectivity index (χ3v) is 9.60. The highest BCUT2D eigenvalue weighted by molar-refractivity contribution is 6.00. The predicted octanol–water partition coefficient (Wildman–Crippen LogP) is 5.02. The second-order valence-electron chi connectivity index (χ2n) is 12.5. The molecule has 3 N–H and O–H groups in total. The molecule has 43 heavy (non-hydrogen) atoms. The molecule has 5 aromatic rings. The molecular weight excluding hydrogens is 540 g/mol. The standard InChI is InChI=1S/C33H36N8O2/c1-18-12-23(10-11-35-18)36-28-9-7-20-14-26(40(31(20)38-28)16-19-4-5-19)32-37-24-13-22(15-27(43-3)30(24)39(32)2)33(42)41-17-21-6-8-25(41)29(21)34/h7,9-15,19,21,25,29H,4-6,8,16-17,34H2,1-3H3,(H,35,36,38). The second-order valence-corrected chi connectivity index (χ2v) is 12.5. The highest BCUT2D eigenvalue weighted by Crippen LogP contribution is 2.40. The maximum atomic E-state index is 13.7. The van der Waals surface area contributed by atoms with Gasteiger partial charge in [0.2, 0.25) is 0 Å². The number of nitrogens with zero attached hydrogens (tertiary/aromatic N) is 6. The number of ether oxygens (including phenoxy) is 1. The Kier molecular flexibility index (Phi) is 5.98. The number of aromatic nitrogens is 5. The first-order chi connectivity index (χ1) is 20.9. The van der Waals surface area contributed by atoms with E-state index in [1.54, 1.807) is 13.3 Å². The molecule has 3 atom stereocenters. The predicted molar refractivity (Wildman–Crippen MR) is 166 cm³/mol. The van der Waals surface area contributed by atoms with Crippen molar-refractivity contribution in [2.24, 2.45) is 24.6 Å². The van der Waals surface area contributed by atoms with Gasteiger partial charge in [0, 0.05) is 60.7 Å². The summed E-state index contributed by atoms with van der Waals surface area (Å²) < 4.78 is 10.2. The third-order valence-electron chi connectivity index (χ3n) is 9.60. The first-order valence-corrected chi connectivity index (χ1v) is 15.2. The molecule has 1 aromatic carbocycles. The molecule has 1 aliphatic heterocycles. The van der Waals surface area contributed by atoms with Gasteiger partial charge in [0.15, 0.2) is 5.82 Å².